The Morgan fingerprint density at radius 3 is 2.59 bits per heavy atom. The van der Waals surface area contributed by atoms with Gasteiger partial charge in [-0.15, -0.1) is 0 Å². The maximum atomic E-state index is 11.7. The van der Waals surface area contributed by atoms with E-state index >= 15 is 0 Å². The van der Waals surface area contributed by atoms with Crippen LogP contribution in [0.3, 0.4) is 0 Å². The van der Waals surface area contributed by atoms with Crippen molar-refractivity contribution in [2.75, 3.05) is 32.7 Å². The monoisotopic (exact) mass is 239 g/mol. The number of carbonyl (C=O) groups excluding carboxylic acids is 2. The number of carbonyl (C=O) groups is 2. The van der Waals surface area contributed by atoms with Gasteiger partial charge >= 0.3 is 11.8 Å². The molecule has 0 radical (unpaired) electrons. The number of rotatable bonds is 4. The molecule has 96 valence electrons. The highest BCUT2D eigenvalue weighted by Crippen LogP contribution is 2.33. The summed E-state index contributed by atoms with van der Waals surface area (Å²) in [5.41, 5.74) is 0. The first-order chi connectivity index (χ1) is 8.27. The first-order valence-corrected chi connectivity index (χ1v) is 6.55. The molecule has 2 aliphatic rings. The van der Waals surface area contributed by atoms with E-state index in [1.807, 2.05) is 0 Å². The highest BCUT2D eigenvalue weighted by atomic mass is 16.2. The Labute approximate surface area is 102 Å². The molecule has 5 nitrogen and oxygen atoms in total. The van der Waals surface area contributed by atoms with Gasteiger partial charge in [0.1, 0.15) is 0 Å². The topological polar surface area (TPSA) is 61.4 Å². The number of nitrogens with one attached hydrogen (secondary N) is 2. The van der Waals surface area contributed by atoms with E-state index in [1.54, 1.807) is 4.90 Å². The summed E-state index contributed by atoms with van der Waals surface area (Å²) in [5.74, 6) is 0.0661. The summed E-state index contributed by atoms with van der Waals surface area (Å²) >= 11 is 0. The second kappa shape index (κ2) is 6.00. The van der Waals surface area contributed by atoms with Crippen molar-refractivity contribution in [2.24, 2.45) is 5.92 Å². The second-order valence-electron chi connectivity index (χ2n) is 4.88. The van der Waals surface area contributed by atoms with E-state index in [-0.39, 0.29) is 5.91 Å². The van der Waals surface area contributed by atoms with Crippen LogP contribution in [-0.4, -0.2) is 49.4 Å². The van der Waals surface area contributed by atoms with Crippen molar-refractivity contribution in [3.05, 3.63) is 0 Å². The van der Waals surface area contributed by atoms with Crippen molar-refractivity contribution in [2.45, 2.75) is 25.7 Å². The summed E-state index contributed by atoms with van der Waals surface area (Å²) in [5, 5.41) is 5.87. The molecule has 0 aromatic rings. The van der Waals surface area contributed by atoms with Crippen LogP contribution in [0.2, 0.25) is 0 Å². The average Bonchev–Trinajstić information content (AvgIpc) is 3.18. The van der Waals surface area contributed by atoms with Crippen LogP contribution in [-0.2, 0) is 9.59 Å². The maximum Gasteiger partial charge on any atom is 0.311 e. The van der Waals surface area contributed by atoms with Gasteiger partial charge in [0.25, 0.3) is 0 Å². The number of hydrogen-bond acceptors (Lipinski definition) is 3. The molecule has 0 atom stereocenters. The van der Waals surface area contributed by atoms with Crippen molar-refractivity contribution >= 4 is 11.8 Å². The molecule has 2 fully saturated rings. The predicted molar refractivity (Wildman–Crippen MR) is 64.4 cm³/mol. The molecule has 1 aliphatic heterocycles. The first kappa shape index (κ1) is 12.4. The van der Waals surface area contributed by atoms with E-state index < -0.39 is 5.91 Å². The van der Waals surface area contributed by atoms with Crippen molar-refractivity contribution < 1.29 is 9.59 Å². The third-order valence-corrected chi connectivity index (χ3v) is 3.37. The van der Waals surface area contributed by atoms with Crippen LogP contribution in [0, 0.1) is 5.92 Å². The lowest BCUT2D eigenvalue weighted by Gasteiger charge is -2.26. The normalized spacial score (nSPS) is 20.1. The zero-order valence-corrected chi connectivity index (χ0v) is 10.2. The molecule has 0 bridgehead atoms. The molecule has 2 N–H and O–H groups in total. The standard InChI is InChI=1S/C12H21N3O2/c16-11(14-5-1-2-10-3-4-10)12(17)15-8-6-13-7-9-15/h10,13H,1-9H2,(H,14,16). The van der Waals surface area contributed by atoms with Gasteiger partial charge in [0, 0.05) is 32.7 Å². The molecular weight excluding hydrogens is 218 g/mol. The Hall–Kier alpha value is -1.10. The van der Waals surface area contributed by atoms with Crippen LogP contribution in [0.15, 0.2) is 0 Å². The Balaban J connectivity index is 1.61. The van der Waals surface area contributed by atoms with Gasteiger partial charge in [-0.2, -0.15) is 0 Å². The molecule has 2 rings (SSSR count). The van der Waals surface area contributed by atoms with Gasteiger partial charge in [0.15, 0.2) is 0 Å². The van der Waals surface area contributed by atoms with E-state index in [9.17, 15) is 9.59 Å². The SMILES string of the molecule is O=C(NCCCC1CC1)C(=O)N1CCNCC1. The molecule has 1 saturated heterocycles. The molecule has 0 aromatic carbocycles. The summed E-state index contributed by atoms with van der Waals surface area (Å²) in [6, 6.07) is 0. The Morgan fingerprint density at radius 1 is 1.24 bits per heavy atom. The number of nitrogens with zero attached hydrogens (tertiary/aromatic N) is 1. The lowest BCUT2D eigenvalue weighted by atomic mass is 10.2. The molecular formula is C12H21N3O2. The smallest absolute Gasteiger partial charge is 0.311 e. The van der Waals surface area contributed by atoms with Crippen LogP contribution in [0.25, 0.3) is 0 Å². The lowest BCUT2D eigenvalue weighted by Crippen LogP contribution is -2.51. The maximum absolute atomic E-state index is 11.7. The zero-order valence-electron chi connectivity index (χ0n) is 10.2. The van der Waals surface area contributed by atoms with Gasteiger partial charge in [0.05, 0.1) is 0 Å². The average molecular weight is 239 g/mol. The van der Waals surface area contributed by atoms with E-state index in [0.717, 1.165) is 25.4 Å². The van der Waals surface area contributed by atoms with Gasteiger partial charge in [-0.3, -0.25) is 9.59 Å². The molecule has 1 aliphatic carbocycles. The third-order valence-electron chi connectivity index (χ3n) is 3.37. The Kier molecular flexibility index (Phi) is 4.36. The summed E-state index contributed by atoms with van der Waals surface area (Å²) in [4.78, 5) is 24.9. The fourth-order valence-corrected chi connectivity index (χ4v) is 2.09. The largest absolute Gasteiger partial charge is 0.348 e. The molecule has 0 unspecified atom stereocenters. The summed E-state index contributed by atoms with van der Waals surface area (Å²) in [7, 11) is 0. The minimum absolute atomic E-state index is 0.377. The van der Waals surface area contributed by atoms with Crippen LogP contribution >= 0.6 is 0 Å². The van der Waals surface area contributed by atoms with Gasteiger partial charge in [0.2, 0.25) is 0 Å². The second-order valence-corrected chi connectivity index (χ2v) is 4.88. The Bertz CT molecular complexity index is 283. The summed E-state index contributed by atoms with van der Waals surface area (Å²) in [6.07, 6.45) is 4.86. The van der Waals surface area contributed by atoms with Crippen LogP contribution in [0.1, 0.15) is 25.7 Å². The molecule has 2 amide bonds. The van der Waals surface area contributed by atoms with Crippen molar-refractivity contribution in [1.29, 1.82) is 0 Å². The van der Waals surface area contributed by atoms with Gasteiger partial charge in [-0.25, -0.2) is 0 Å². The molecule has 17 heavy (non-hydrogen) atoms. The molecule has 0 spiro atoms. The van der Waals surface area contributed by atoms with Crippen LogP contribution < -0.4 is 10.6 Å². The Morgan fingerprint density at radius 2 is 1.94 bits per heavy atom. The fraction of sp³-hybridized carbons (Fsp3) is 0.833. The van der Waals surface area contributed by atoms with Crippen molar-refractivity contribution in [1.82, 2.24) is 15.5 Å². The molecule has 1 saturated carbocycles. The van der Waals surface area contributed by atoms with E-state index in [1.165, 1.54) is 19.3 Å². The van der Waals surface area contributed by atoms with Crippen LogP contribution in [0.4, 0.5) is 0 Å². The predicted octanol–water partition coefficient (Wildman–Crippen LogP) is -0.275. The highest BCUT2D eigenvalue weighted by molar-refractivity contribution is 6.35. The van der Waals surface area contributed by atoms with Gasteiger partial charge < -0.3 is 15.5 Å². The lowest BCUT2D eigenvalue weighted by molar-refractivity contribution is -0.146. The fourth-order valence-electron chi connectivity index (χ4n) is 2.09. The van der Waals surface area contributed by atoms with Crippen molar-refractivity contribution in [3.63, 3.8) is 0 Å². The highest BCUT2D eigenvalue weighted by Gasteiger charge is 2.23. The first-order valence-electron chi connectivity index (χ1n) is 6.55. The summed E-state index contributed by atoms with van der Waals surface area (Å²) in [6.45, 7) is 3.46. The minimum atomic E-state index is -0.442. The van der Waals surface area contributed by atoms with E-state index in [2.05, 4.69) is 10.6 Å². The quantitative estimate of drug-likeness (QED) is 0.524. The molecule has 1 heterocycles. The van der Waals surface area contributed by atoms with Crippen LogP contribution in [0.5, 0.6) is 0 Å². The number of amides is 2. The van der Waals surface area contributed by atoms with Gasteiger partial charge in [-0.05, 0) is 18.8 Å². The summed E-state index contributed by atoms with van der Waals surface area (Å²) < 4.78 is 0. The third kappa shape index (κ3) is 4.00. The zero-order chi connectivity index (χ0) is 12.1. The number of hydrogen-bond donors (Lipinski definition) is 2. The van der Waals surface area contributed by atoms with E-state index in [0.29, 0.717) is 19.6 Å². The van der Waals surface area contributed by atoms with E-state index in [4.69, 9.17) is 0 Å². The minimum Gasteiger partial charge on any atom is -0.348 e. The van der Waals surface area contributed by atoms with Crippen molar-refractivity contribution in [3.8, 4) is 0 Å². The number of piperazine rings is 1. The van der Waals surface area contributed by atoms with Gasteiger partial charge in [-0.1, -0.05) is 12.8 Å². The molecule has 0 aromatic heterocycles. The molecule has 5 heteroatoms.